The van der Waals surface area contributed by atoms with Gasteiger partial charge in [0.2, 0.25) is 6.79 Å². The molecule has 134 valence electrons. The summed E-state index contributed by atoms with van der Waals surface area (Å²) in [5.74, 6) is 1.41. The number of nitrogens with zero attached hydrogens (tertiary/aromatic N) is 2. The van der Waals surface area contributed by atoms with Crippen LogP contribution in [0.4, 0.5) is 10.5 Å². The average molecular weight is 352 g/mol. The van der Waals surface area contributed by atoms with E-state index in [1.807, 2.05) is 43.3 Å². The third-order valence-electron chi connectivity index (χ3n) is 4.60. The molecule has 2 heterocycles. The van der Waals surface area contributed by atoms with Gasteiger partial charge in [-0.1, -0.05) is 12.1 Å². The number of nitrogens with two attached hydrogens (primary N) is 1. The van der Waals surface area contributed by atoms with Gasteiger partial charge in [-0.3, -0.25) is 0 Å². The summed E-state index contributed by atoms with van der Waals surface area (Å²) in [4.78, 5) is 12.4. The number of nitrogens with one attached hydrogen (secondary N) is 1. The number of hydrogen-bond acceptors (Lipinski definition) is 5. The van der Waals surface area contributed by atoms with Gasteiger partial charge in [0.25, 0.3) is 0 Å². The van der Waals surface area contributed by atoms with Crippen molar-refractivity contribution in [2.45, 2.75) is 19.4 Å². The zero-order valence-corrected chi connectivity index (χ0v) is 14.7. The van der Waals surface area contributed by atoms with Crippen molar-refractivity contribution in [2.75, 3.05) is 19.6 Å². The fourth-order valence-corrected chi connectivity index (χ4v) is 3.25. The molecule has 1 atom stereocenters. The monoisotopic (exact) mass is 352 g/mol. The molecule has 2 aromatic carbocycles. The molecule has 7 nitrogen and oxygen atoms in total. The molecule has 0 unspecified atom stereocenters. The summed E-state index contributed by atoms with van der Waals surface area (Å²) < 4.78 is 11.1. The van der Waals surface area contributed by atoms with Crippen molar-refractivity contribution in [3.05, 3.63) is 53.1 Å². The summed E-state index contributed by atoms with van der Waals surface area (Å²) in [5, 5.41) is 8.84. The molecule has 0 saturated heterocycles. The molecular weight excluding hydrogens is 332 g/mol. The first-order valence-electron chi connectivity index (χ1n) is 8.45. The van der Waals surface area contributed by atoms with Crippen LogP contribution in [0.3, 0.4) is 0 Å². The minimum Gasteiger partial charge on any atom is -0.454 e. The zero-order chi connectivity index (χ0) is 18.3. The summed E-state index contributed by atoms with van der Waals surface area (Å²) in [6.07, 6.45) is 0.654. The molecule has 0 saturated carbocycles. The number of amides is 2. The third-order valence-corrected chi connectivity index (χ3v) is 4.60. The van der Waals surface area contributed by atoms with Crippen molar-refractivity contribution in [2.24, 2.45) is 5.10 Å². The second kappa shape index (κ2) is 6.25. The molecule has 2 aromatic rings. The van der Waals surface area contributed by atoms with Crippen molar-refractivity contribution in [3.8, 4) is 11.5 Å². The van der Waals surface area contributed by atoms with Gasteiger partial charge in [-0.25, -0.2) is 9.80 Å². The first-order chi connectivity index (χ1) is 12.6. The topological polar surface area (TPSA) is 89.2 Å². The molecule has 0 fully saturated rings. The average Bonchev–Trinajstić information content (AvgIpc) is 3.04. The van der Waals surface area contributed by atoms with Gasteiger partial charge in [0.15, 0.2) is 11.5 Å². The number of carbonyl (C=O) groups excluding carboxylic acids is 1. The first-order valence-corrected chi connectivity index (χ1v) is 8.45. The van der Waals surface area contributed by atoms with E-state index in [2.05, 4.69) is 5.32 Å². The van der Waals surface area contributed by atoms with Crippen LogP contribution in [0.15, 0.2) is 41.5 Å². The van der Waals surface area contributed by atoms with E-state index in [1.165, 1.54) is 5.01 Å². The van der Waals surface area contributed by atoms with Gasteiger partial charge in [0.1, 0.15) is 0 Å². The summed E-state index contributed by atoms with van der Waals surface area (Å²) in [5.41, 5.74) is 10.1. The summed E-state index contributed by atoms with van der Waals surface area (Å²) >= 11 is 0. The van der Waals surface area contributed by atoms with Gasteiger partial charge >= 0.3 is 6.03 Å². The van der Waals surface area contributed by atoms with Gasteiger partial charge < -0.3 is 20.5 Å². The predicted octanol–water partition coefficient (Wildman–Crippen LogP) is 2.34. The lowest BCUT2D eigenvalue weighted by Gasteiger charge is -2.22. The molecule has 7 heteroatoms. The Balaban J connectivity index is 1.91. The minimum absolute atomic E-state index is 0.111. The Morgan fingerprint density at radius 3 is 2.62 bits per heavy atom. The summed E-state index contributed by atoms with van der Waals surface area (Å²) in [7, 11) is 1.60. The highest BCUT2D eigenvalue weighted by Crippen LogP contribution is 2.37. The highest BCUT2D eigenvalue weighted by Gasteiger charge is 2.29. The van der Waals surface area contributed by atoms with Crippen LogP contribution in [-0.4, -0.2) is 36.6 Å². The van der Waals surface area contributed by atoms with Crippen LogP contribution in [0, 0.1) is 0 Å². The molecule has 26 heavy (non-hydrogen) atoms. The van der Waals surface area contributed by atoms with Crippen molar-refractivity contribution >= 4 is 17.4 Å². The van der Waals surface area contributed by atoms with E-state index < -0.39 is 0 Å². The second-order valence-electron chi connectivity index (χ2n) is 6.39. The molecule has 2 aliphatic rings. The summed E-state index contributed by atoms with van der Waals surface area (Å²) in [6.45, 7) is 2.19. The van der Waals surface area contributed by atoms with Crippen LogP contribution in [0.1, 0.15) is 23.6 Å². The molecule has 0 aliphatic carbocycles. The molecular formula is C19H20N4O3. The molecule has 0 radical (unpaired) electrons. The van der Waals surface area contributed by atoms with Gasteiger partial charge in [0.05, 0.1) is 11.8 Å². The van der Waals surface area contributed by atoms with Crippen molar-refractivity contribution in [1.29, 1.82) is 0 Å². The fourth-order valence-electron chi connectivity index (χ4n) is 3.25. The molecule has 0 aromatic heterocycles. The first kappa shape index (κ1) is 16.3. The van der Waals surface area contributed by atoms with Crippen LogP contribution in [-0.2, 0) is 6.42 Å². The SMILES string of the molecule is CNC(=O)N1N=C(c2ccc(N)cc2)c2cc3c(cc2C[C@H]1C)OCO3. The number of benzene rings is 2. The number of nitrogen functional groups attached to an aromatic ring is 1. The number of rotatable bonds is 1. The molecule has 0 spiro atoms. The number of carbonyl (C=O) groups is 1. The van der Waals surface area contributed by atoms with Crippen molar-refractivity contribution in [1.82, 2.24) is 10.3 Å². The normalized spacial score (nSPS) is 18.0. The smallest absolute Gasteiger partial charge is 0.337 e. The lowest BCUT2D eigenvalue weighted by molar-refractivity contribution is 0.174. The van der Waals surface area contributed by atoms with E-state index in [-0.39, 0.29) is 18.9 Å². The number of ether oxygens (including phenoxy) is 2. The third kappa shape index (κ3) is 2.71. The Kier molecular flexibility index (Phi) is 3.91. The van der Waals surface area contributed by atoms with Gasteiger partial charge in [-0.15, -0.1) is 0 Å². The van der Waals surface area contributed by atoms with E-state index >= 15 is 0 Å². The minimum atomic E-state index is -0.252. The highest BCUT2D eigenvalue weighted by atomic mass is 16.7. The number of fused-ring (bicyclic) bond motifs is 2. The number of anilines is 1. The maximum Gasteiger partial charge on any atom is 0.337 e. The number of urea groups is 1. The zero-order valence-electron chi connectivity index (χ0n) is 14.7. The largest absolute Gasteiger partial charge is 0.454 e. The van der Waals surface area contributed by atoms with E-state index in [9.17, 15) is 4.79 Å². The van der Waals surface area contributed by atoms with Gasteiger partial charge in [-0.2, -0.15) is 5.10 Å². The van der Waals surface area contributed by atoms with E-state index in [0.717, 1.165) is 22.4 Å². The maximum atomic E-state index is 12.4. The highest BCUT2D eigenvalue weighted by molar-refractivity contribution is 6.14. The van der Waals surface area contributed by atoms with Crippen molar-refractivity contribution < 1.29 is 14.3 Å². The van der Waals surface area contributed by atoms with E-state index in [0.29, 0.717) is 23.6 Å². The Bertz CT molecular complexity index is 892. The quantitative estimate of drug-likeness (QED) is 0.771. The Labute approximate surface area is 151 Å². The van der Waals surface area contributed by atoms with Gasteiger partial charge in [0, 0.05) is 23.9 Å². The Morgan fingerprint density at radius 1 is 1.23 bits per heavy atom. The van der Waals surface area contributed by atoms with E-state index in [1.54, 1.807) is 7.05 Å². The lowest BCUT2D eigenvalue weighted by Crippen LogP contribution is -2.41. The second-order valence-corrected chi connectivity index (χ2v) is 6.39. The predicted molar refractivity (Wildman–Crippen MR) is 98.5 cm³/mol. The summed E-state index contributed by atoms with van der Waals surface area (Å²) in [6, 6.07) is 11.0. The van der Waals surface area contributed by atoms with Crippen LogP contribution >= 0.6 is 0 Å². The van der Waals surface area contributed by atoms with Crippen LogP contribution in [0.25, 0.3) is 0 Å². The molecule has 2 amide bonds. The molecule has 3 N–H and O–H groups in total. The molecule has 4 rings (SSSR count). The number of hydrogen-bond donors (Lipinski definition) is 2. The Morgan fingerprint density at radius 2 is 1.92 bits per heavy atom. The molecule has 0 bridgehead atoms. The van der Waals surface area contributed by atoms with Crippen molar-refractivity contribution in [3.63, 3.8) is 0 Å². The molecule has 2 aliphatic heterocycles. The fraction of sp³-hybridized carbons (Fsp3) is 0.263. The maximum absolute atomic E-state index is 12.4. The Hall–Kier alpha value is -3.22. The number of hydrazone groups is 1. The van der Waals surface area contributed by atoms with Crippen LogP contribution in [0.2, 0.25) is 0 Å². The standard InChI is InChI=1S/C19H20N4O3/c1-11-7-13-8-16-17(26-10-25-16)9-15(13)18(22-23(11)19(24)21-2)12-3-5-14(20)6-4-12/h3-6,8-9,11H,7,10,20H2,1-2H3,(H,21,24)/t11-/m1/s1. The van der Waals surface area contributed by atoms with E-state index in [4.69, 9.17) is 20.3 Å². The lowest BCUT2D eigenvalue weighted by atomic mass is 9.94. The van der Waals surface area contributed by atoms with Crippen LogP contribution < -0.4 is 20.5 Å². The van der Waals surface area contributed by atoms with Gasteiger partial charge in [-0.05, 0) is 43.2 Å². The van der Waals surface area contributed by atoms with Crippen LogP contribution in [0.5, 0.6) is 11.5 Å².